The number of carbonyl (C=O) groups is 3. The maximum Gasteiger partial charge on any atom is 0.407 e. The molecule has 7 nitrogen and oxygen atoms in total. The number of fused-ring (bicyclic) bond motifs is 3. The standard InChI is InChI=1S/C27H32N2O5/c1-16(2)13-22(24(30)29-15-27(3,4)23(29)25(31)32)28-26(33)34-14-21-19-11-7-5-9-17(19)18-10-6-8-12-20(18)21/h5-12,16,21-23H,13-15H2,1-4H3,(H,28,33)(H,31,32)/t22-,23?/m1/s1. The molecule has 2 N–H and O–H groups in total. The zero-order valence-corrected chi connectivity index (χ0v) is 20.1. The van der Waals surface area contributed by atoms with Crippen LogP contribution in [0.5, 0.6) is 0 Å². The van der Waals surface area contributed by atoms with Gasteiger partial charge in [-0.15, -0.1) is 0 Å². The zero-order chi connectivity index (χ0) is 24.6. The van der Waals surface area contributed by atoms with Crippen molar-refractivity contribution >= 4 is 18.0 Å². The van der Waals surface area contributed by atoms with Gasteiger partial charge in [0.25, 0.3) is 0 Å². The van der Waals surface area contributed by atoms with E-state index in [0.29, 0.717) is 13.0 Å². The van der Waals surface area contributed by atoms with Crippen LogP contribution in [0.1, 0.15) is 51.2 Å². The molecule has 1 saturated heterocycles. The number of ether oxygens (including phenoxy) is 1. The molecule has 2 atom stereocenters. The molecule has 0 saturated carbocycles. The highest BCUT2D eigenvalue weighted by Crippen LogP contribution is 2.44. The van der Waals surface area contributed by atoms with Crippen molar-refractivity contribution in [3.63, 3.8) is 0 Å². The van der Waals surface area contributed by atoms with Gasteiger partial charge >= 0.3 is 12.1 Å². The fourth-order valence-electron chi connectivity index (χ4n) is 5.27. The van der Waals surface area contributed by atoms with E-state index in [2.05, 4.69) is 17.4 Å². The van der Waals surface area contributed by atoms with Crippen LogP contribution in [0.4, 0.5) is 4.79 Å². The van der Waals surface area contributed by atoms with E-state index in [1.807, 2.05) is 64.1 Å². The largest absolute Gasteiger partial charge is 0.480 e. The molecule has 180 valence electrons. The Balaban J connectivity index is 1.44. The van der Waals surface area contributed by atoms with E-state index in [0.717, 1.165) is 22.3 Å². The smallest absolute Gasteiger partial charge is 0.407 e. The van der Waals surface area contributed by atoms with E-state index in [1.165, 1.54) is 4.90 Å². The van der Waals surface area contributed by atoms with Gasteiger partial charge in [0.1, 0.15) is 18.7 Å². The van der Waals surface area contributed by atoms with Crippen LogP contribution in [0.25, 0.3) is 11.1 Å². The Bertz CT molecular complexity index is 1060. The summed E-state index contributed by atoms with van der Waals surface area (Å²) in [7, 11) is 0. The minimum absolute atomic E-state index is 0.0787. The van der Waals surface area contributed by atoms with Gasteiger partial charge in [-0.1, -0.05) is 76.2 Å². The number of hydrogen-bond donors (Lipinski definition) is 2. The van der Waals surface area contributed by atoms with Crippen LogP contribution in [0.3, 0.4) is 0 Å². The monoisotopic (exact) mass is 464 g/mol. The highest BCUT2D eigenvalue weighted by molar-refractivity contribution is 5.91. The first-order valence-corrected chi connectivity index (χ1v) is 11.7. The van der Waals surface area contributed by atoms with E-state index in [4.69, 9.17) is 4.74 Å². The van der Waals surface area contributed by atoms with Crippen LogP contribution in [0, 0.1) is 11.3 Å². The summed E-state index contributed by atoms with van der Waals surface area (Å²) in [4.78, 5) is 39.0. The van der Waals surface area contributed by atoms with Gasteiger partial charge in [0, 0.05) is 17.9 Å². The molecule has 0 bridgehead atoms. The Labute approximate surface area is 200 Å². The second-order valence-corrected chi connectivity index (χ2v) is 10.3. The highest BCUT2D eigenvalue weighted by atomic mass is 16.5. The van der Waals surface area contributed by atoms with Gasteiger partial charge < -0.3 is 20.1 Å². The fourth-order valence-corrected chi connectivity index (χ4v) is 5.27. The number of carbonyl (C=O) groups excluding carboxylic acids is 2. The molecule has 0 radical (unpaired) electrons. The summed E-state index contributed by atoms with van der Waals surface area (Å²) in [5.74, 6) is -1.37. The second-order valence-electron chi connectivity index (χ2n) is 10.3. The highest BCUT2D eigenvalue weighted by Gasteiger charge is 2.53. The number of amides is 2. The van der Waals surface area contributed by atoms with E-state index in [1.54, 1.807) is 0 Å². The molecule has 4 rings (SSSR count). The molecule has 1 aliphatic carbocycles. The average molecular weight is 465 g/mol. The topological polar surface area (TPSA) is 95.9 Å². The van der Waals surface area contributed by atoms with E-state index in [9.17, 15) is 19.5 Å². The van der Waals surface area contributed by atoms with Gasteiger partial charge in [-0.25, -0.2) is 9.59 Å². The summed E-state index contributed by atoms with van der Waals surface area (Å²) >= 11 is 0. The van der Waals surface area contributed by atoms with Crippen molar-refractivity contribution in [2.45, 2.75) is 52.1 Å². The molecule has 2 amide bonds. The van der Waals surface area contributed by atoms with Gasteiger partial charge in [-0.2, -0.15) is 0 Å². The van der Waals surface area contributed by atoms with Crippen molar-refractivity contribution in [2.24, 2.45) is 11.3 Å². The lowest BCUT2D eigenvalue weighted by atomic mass is 9.74. The summed E-state index contributed by atoms with van der Waals surface area (Å²) in [6.07, 6.45) is -0.278. The maximum atomic E-state index is 13.2. The van der Waals surface area contributed by atoms with Gasteiger partial charge in [-0.3, -0.25) is 4.79 Å². The van der Waals surface area contributed by atoms with Crippen molar-refractivity contribution in [1.82, 2.24) is 10.2 Å². The number of likely N-dealkylation sites (tertiary alicyclic amines) is 1. The lowest BCUT2D eigenvalue weighted by Gasteiger charge is -2.52. The van der Waals surface area contributed by atoms with Gasteiger partial charge in [0.2, 0.25) is 5.91 Å². The van der Waals surface area contributed by atoms with Crippen molar-refractivity contribution in [3.8, 4) is 11.1 Å². The summed E-state index contributed by atoms with van der Waals surface area (Å²) in [6.45, 7) is 8.04. The summed E-state index contributed by atoms with van der Waals surface area (Å²) in [6, 6.07) is 14.4. The molecule has 1 aliphatic heterocycles. The lowest BCUT2D eigenvalue weighted by Crippen LogP contribution is -2.69. The first-order chi connectivity index (χ1) is 16.1. The first-order valence-electron chi connectivity index (χ1n) is 11.7. The Morgan fingerprint density at radius 2 is 1.62 bits per heavy atom. The molecule has 2 aromatic rings. The van der Waals surface area contributed by atoms with Gasteiger partial charge in [-0.05, 0) is 34.6 Å². The van der Waals surface area contributed by atoms with Crippen molar-refractivity contribution in [2.75, 3.05) is 13.2 Å². The third-order valence-corrected chi connectivity index (χ3v) is 6.79. The van der Waals surface area contributed by atoms with Gasteiger partial charge in [0.05, 0.1) is 0 Å². The van der Waals surface area contributed by atoms with Crippen LogP contribution in [0.2, 0.25) is 0 Å². The number of alkyl carbamates (subject to hydrolysis) is 1. The van der Waals surface area contributed by atoms with E-state index >= 15 is 0 Å². The van der Waals surface area contributed by atoms with Crippen LogP contribution >= 0.6 is 0 Å². The molecule has 34 heavy (non-hydrogen) atoms. The van der Waals surface area contributed by atoms with E-state index < -0.39 is 29.6 Å². The summed E-state index contributed by atoms with van der Waals surface area (Å²) < 4.78 is 5.61. The molecule has 7 heteroatoms. The Morgan fingerprint density at radius 1 is 1.06 bits per heavy atom. The number of rotatable bonds is 7. The van der Waals surface area contributed by atoms with Crippen LogP contribution in [0.15, 0.2) is 48.5 Å². The Morgan fingerprint density at radius 3 is 2.12 bits per heavy atom. The number of carboxylic acids is 1. The third kappa shape index (κ3) is 4.39. The minimum Gasteiger partial charge on any atom is -0.480 e. The van der Waals surface area contributed by atoms with E-state index in [-0.39, 0.29) is 24.3 Å². The lowest BCUT2D eigenvalue weighted by molar-refractivity contribution is -0.173. The fraction of sp³-hybridized carbons (Fsp3) is 0.444. The number of hydrogen-bond acceptors (Lipinski definition) is 4. The number of nitrogens with zero attached hydrogens (tertiary/aromatic N) is 1. The predicted molar refractivity (Wildman–Crippen MR) is 128 cm³/mol. The van der Waals surface area contributed by atoms with Crippen molar-refractivity contribution in [3.05, 3.63) is 59.7 Å². The molecule has 2 aliphatic rings. The third-order valence-electron chi connectivity index (χ3n) is 6.79. The molecular formula is C27H32N2O5. The second kappa shape index (κ2) is 9.12. The number of aliphatic carboxylic acids is 1. The number of carboxylic acid groups (broad SMARTS) is 1. The SMILES string of the molecule is CC(C)C[C@@H](NC(=O)OCC1c2ccccc2-c2ccccc21)C(=O)N1CC(C)(C)C1C(=O)O. The van der Waals surface area contributed by atoms with Crippen molar-refractivity contribution < 1.29 is 24.2 Å². The van der Waals surface area contributed by atoms with Gasteiger partial charge in [0.15, 0.2) is 0 Å². The molecule has 1 heterocycles. The number of nitrogens with one attached hydrogen (secondary N) is 1. The maximum absolute atomic E-state index is 13.2. The molecule has 0 spiro atoms. The summed E-state index contributed by atoms with van der Waals surface area (Å²) in [5.41, 5.74) is 3.99. The van der Waals surface area contributed by atoms with Crippen molar-refractivity contribution in [1.29, 1.82) is 0 Å². The molecule has 2 aromatic carbocycles. The average Bonchev–Trinajstić information content (AvgIpc) is 3.08. The zero-order valence-electron chi connectivity index (χ0n) is 20.1. The first kappa shape index (κ1) is 23.8. The normalized spacial score (nSPS) is 19.1. The number of benzene rings is 2. The van der Waals surface area contributed by atoms with Crippen LogP contribution in [-0.2, 0) is 14.3 Å². The molecule has 0 aromatic heterocycles. The summed E-state index contributed by atoms with van der Waals surface area (Å²) in [5, 5.41) is 12.3. The van der Waals surface area contributed by atoms with Crippen LogP contribution in [-0.4, -0.2) is 53.2 Å². The Kier molecular flexibility index (Phi) is 6.39. The quantitative estimate of drug-likeness (QED) is 0.638. The Hall–Kier alpha value is -3.35. The molecule has 1 fully saturated rings. The molecule has 1 unspecified atom stereocenters. The predicted octanol–water partition coefficient (Wildman–Crippen LogP) is 4.26. The van der Waals surface area contributed by atoms with Crippen LogP contribution < -0.4 is 5.32 Å². The minimum atomic E-state index is -1.03. The molecular weight excluding hydrogens is 432 g/mol.